The lowest BCUT2D eigenvalue weighted by Crippen LogP contribution is -2.27. The first-order chi connectivity index (χ1) is 10.2. The molecule has 10 heteroatoms. The molecule has 22 heavy (non-hydrogen) atoms. The number of carboxylic acid groups (broad SMARTS) is 1. The van der Waals surface area contributed by atoms with Gasteiger partial charge in [-0.2, -0.15) is 0 Å². The summed E-state index contributed by atoms with van der Waals surface area (Å²) in [4.78, 5) is 31.3. The van der Waals surface area contributed by atoms with Crippen molar-refractivity contribution in [2.45, 2.75) is 26.4 Å². The van der Waals surface area contributed by atoms with Crippen LogP contribution in [0.15, 0.2) is 10.5 Å². The lowest BCUT2D eigenvalue weighted by atomic mass is 10.2. The van der Waals surface area contributed by atoms with Gasteiger partial charge in [0.1, 0.15) is 11.3 Å². The summed E-state index contributed by atoms with van der Waals surface area (Å²) in [6.07, 6.45) is 0.238. The molecule has 0 aliphatic rings. The van der Waals surface area contributed by atoms with Crippen LogP contribution in [0, 0.1) is 5.41 Å². The number of carbonyl (C=O) groups excluding carboxylic acids is 1. The molecule has 1 heterocycles. The van der Waals surface area contributed by atoms with Crippen LogP contribution in [0.3, 0.4) is 0 Å². The van der Waals surface area contributed by atoms with Crippen LogP contribution in [-0.2, 0) is 14.4 Å². The van der Waals surface area contributed by atoms with Crippen molar-refractivity contribution in [3.63, 3.8) is 0 Å². The third-order valence-electron chi connectivity index (χ3n) is 1.87. The van der Waals surface area contributed by atoms with Crippen LogP contribution in [0.1, 0.15) is 26.5 Å². The number of oxime groups is 1. The van der Waals surface area contributed by atoms with Crippen LogP contribution in [0.25, 0.3) is 0 Å². The summed E-state index contributed by atoms with van der Waals surface area (Å²) in [5.74, 6) is -1.33. The molecule has 0 saturated carbocycles. The standard InChI is InChI=1S/C12H16N4O5S/c1-12(2,3)21-11(19)15-10-14-7(6-22-10)8(9(17)18)16-20-5-4-13/h4,6,13H,5H2,1-3H3,(H,17,18)(H,14,15,19)/b13-4?,16-8-. The van der Waals surface area contributed by atoms with Crippen LogP contribution in [0.2, 0.25) is 0 Å². The van der Waals surface area contributed by atoms with Crippen LogP contribution in [-0.4, -0.2) is 46.3 Å². The molecular formula is C12H16N4O5S. The van der Waals surface area contributed by atoms with E-state index in [4.69, 9.17) is 15.3 Å². The van der Waals surface area contributed by atoms with Crippen molar-refractivity contribution in [2.75, 3.05) is 11.9 Å². The second-order valence-electron chi connectivity index (χ2n) is 4.91. The molecule has 9 nitrogen and oxygen atoms in total. The number of amides is 1. The summed E-state index contributed by atoms with van der Waals surface area (Å²) in [5.41, 5.74) is -1.04. The molecule has 0 fully saturated rings. The van der Waals surface area contributed by atoms with Gasteiger partial charge in [0.05, 0.1) is 0 Å². The number of ether oxygens (including phenoxy) is 1. The Morgan fingerprint density at radius 1 is 1.55 bits per heavy atom. The quantitative estimate of drug-likeness (QED) is 0.415. The SMILES string of the molecule is CC(C)(C)OC(=O)Nc1nc(/C(=N/OCC=N)C(=O)O)cs1. The fraction of sp³-hybridized carbons (Fsp3) is 0.417. The van der Waals surface area contributed by atoms with Crippen LogP contribution in [0.4, 0.5) is 9.93 Å². The molecule has 0 saturated heterocycles. The van der Waals surface area contributed by atoms with E-state index in [-0.39, 0.29) is 17.4 Å². The average Bonchev–Trinajstić information content (AvgIpc) is 2.79. The van der Waals surface area contributed by atoms with Gasteiger partial charge in [-0.3, -0.25) is 5.32 Å². The summed E-state index contributed by atoms with van der Waals surface area (Å²) >= 11 is 1.02. The second kappa shape index (κ2) is 7.50. The molecule has 1 amide bonds. The smallest absolute Gasteiger partial charge is 0.413 e. The van der Waals surface area contributed by atoms with Crippen molar-refractivity contribution in [1.82, 2.24) is 4.98 Å². The van der Waals surface area contributed by atoms with Crippen molar-refractivity contribution in [3.8, 4) is 0 Å². The van der Waals surface area contributed by atoms with Crippen molar-refractivity contribution in [1.29, 1.82) is 5.41 Å². The highest BCUT2D eigenvalue weighted by Crippen LogP contribution is 2.18. The first-order valence-electron chi connectivity index (χ1n) is 6.11. The van der Waals surface area contributed by atoms with E-state index in [0.717, 1.165) is 17.6 Å². The maximum absolute atomic E-state index is 11.6. The molecule has 0 radical (unpaired) electrons. The summed E-state index contributed by atoms with van der Waals surface area (Å²) in [7, 11) is 0. The number of hydrogen-bond donors (Lipinski definition) is 3. The van der Waals surface area contributed by atoms with Gasteiger partial charge in [-0.15, -0.1) is 11.3 Å². The van der Waals surface area contributed by atoms with E-state index in [1.54, 1.807) is 20.8 Å². The molecule has 3 N–H and O–H groups in total. The van der Waals surface area contributed by atoms with Crippen LogP contribution >= 0.6 is 11.3 Å². The van der Waals surface area contributed by atoms with Gasteiger partial charge in [0.25, 0.3) is 0 Å². The number of rotatable bonds is 6. The number of carboxylic acids is 1. The molecule has 0 aliphatic carbocycles. The van der Waals surface area contributed by atoms with E-state index in [0.29, 0.717) is 0 Å². The zero-order chi connectivity index (χ0) is 16.8. The number of carbonyl (C=O) groups is 2. The lowest BCUT2D eigenvalue weighted by Gasteiger charge is -2.18. The average molecular weight is 328 g/mol. The summed E-state index contributed by atoms with van der Waals surface area (Å²) in [5, 5.41) is 23.2. The molecule has 0 aliphatic heterocycles. The lowest BCUT2D eigenvalue weighted by molar-refractivity contribution is -0.129. The van der Waals surface area contributed by atoms with Gasteiger partial charge in [-0.05, 0) is 20.8 Å². The predicted octanol–water partition coefficient (Wildman–Crippen LogP) is 1.94. The number of nitrogens with zero attached hydrogens (tertiary/aromatic N) is 2. The molecule has 0 atom stereocenters. The number of thiazole rings is 1. The highest BCUT2D eigenvalue weighted by atomic mass is 32.1. The van der Waals surface area contributed by atoms with Gasteiger partial charge in [0.2, 0.25) is 5.71 Å². The Labute approximate surface area is 130 Å². The van der Waals surface area contributed by atoms with Gasteiger partial charge in [0, 0.05) is 11.6 Å². The highest BCUT2D eigenvalue weighted by Gasteiger charge is 2.20. The number of nitrogens with one attached hydrogen (secondary N) is 2. The minimum Gasteiger partial charge on any atom is -0.476 e. The van der Waals surface area contributed by atoms with Gasteiger partial charge in [-0.1, -0.05) is 5.16 Å². The van der Waals surface area contributed by atoms with Crippen LogP contribution in [0.5, 0.6) is 0 Å². The summed E-state index contributed by atoms with van der Waals surface area (Å²) < 4.78 is 5.06. The first kappa shape index (κ1) is 17.6. The van der Waals surface area contributed by atoms with Crippen molar-refractivity contribution in [2.24, 2.45) is 5.16 Å². The van der Waals surface area contributed by atoms with E-state index in [9.17, 15) is 9.59 Å². The maximum Gasteiger partial charge on any atom is 0.413 e. The minimum atomic E-state index is -1.33. The third-order valence-corrected chi connectivity index (χ3v) is 2.63. The van der Waals surface area contributed by atoms with Gasteiger partial charge in [0.15, 0.2) is 11.7 Å². The Hall–Kier alpha value is -2.49. The Morgan fingerprint density at radius 2 is 2.23 bits per heavy atom. The summed E-state index contributed by atoms with van der Waals surface area (Å²) in [6.45, 7) is 5.01. The fourth-order valence-corrected chi connectivity index (χ4v) is 1.85. The third kappa shape index (κ3) is 5.87. The highest BCUT2D eigenvalue weighted by molar-refractivity contribution is 7.14. The van der Waals surface area contributed by atoms with E-state index in [1.165, 1.54) is 5.38 Å². The van der Waals surface area contributed by atoms with Gasteiger partial charge in [-0.25, -0.2) is 14.6 Å². The molecule has 1 rings (SSSR count). The van der Waals surface area contributed by atoms with Crippen molar-refractivity contribution in [3.05, 3.63) is 11.1 Å². The summed E-state index contributed by atoms with van der Waals surface area (Å²) in [6, 6.07) is 0. The fourth-order valence-electron chi connectivity index (χ4n) is 1.17. The normalized spacial score (nSPS) is 11.7. The zero-order valence-electron chi connectivity index (χ0n) is 12.2. The number of aliphatic carboxylic acids is 1. The van der Waals surface area contributed by atoms with Crippen LogP contribution < -0.4 is 5.32 Å². The molecule has 0 aromatic carbocycles. The molecule has 120 valence electrons. The Balaban J connectivity index is 2.80. The van der Waals surface area contributed by atoms with Gasteiger partial charge >= 0.3 is 12.1 Å². The van der Waals surface area contributed by atoms with E-state index in [1.807, 2.05) is 0 Å². The van der Waals surface area contributed by atoms with E-state index < -0.39 is 23.4 Å². The molecule has 0 spiro atoms. The number of aromatic nitrogens is 1. The number of hydrogen-bond acceptors (Lipinski definition) is 8. The Morgan fingerprint density at radius 3 is 2.77 bits per heavy atom. The molecular weight excluding hydrogens is 312 g/mol. The van der Waals surface area contributed by atoms with E-state index >= 15 is 0 Å². The van der Waals surface area contributed by atoms with Crippen molar-refractivity contribution < 1.29 is 24.3 Å². The Bertz CT molecular complexity index is 591. The number of anilines is 1. The molecule has 1 aromatic heterocycles. The molecule has 0 unspecified atom stereocenters. The first-order valence-corrected chi connectivity index (χ1v) is 6.99. The topological polar surface area (TPSA) is 134 Å². The predicted molar refractivity (Wildman–Crippen MR) is 80.9 cm³/mol. The minimum absolute atomic E-state index is 0.0357. The monoisotopic (exact) mass is 328 g/mol. The molecule has 1 aromatic rings. The van der Waals surface area contributed by atoms with E-state index in [2.05, 4.69) is 20.3 Å². The molecule has 0 bridgehead atoms. The van der Waals surface area contributed by atoms with Crippen molar-refractivity contribution >= 4 is 40.5 Å². The Kier molecular flexibility index (Phi) is 5.99. The second-order valence-corrected chi connectivity index (χ2v) is 5.77. The zero-order valence-corrected chi connectivity index (χ0v) is 13.1. The van der Waals surface area contributed by atoms with Gasteiger partial charge < -0.3 is 20.1 Å². The maximum atomic E-state index is 11.6. The largest absolute Gasteiger partial charge is 0.476 e.